The first-order chi connectivity index (χ1) is 21.2. The van der Waals surface area contributed by atoms with Gasteiger partial charge in [0.2, 0.25) is 5.91 Å². The maximum atomic E-state index is 16.1. The Morgan fingerprint density at radius 1 is 1.16 bits per heavy atom. The van der Waals surface area contributed by atoms with E-state index < -0.39 is 76.6 Å². The van der Waals surface area contributed by atoms with Crippen LogP contribution in [0.5, 0.6) is 0 Å². The molecule has 2 saturated heterocycles. The lowest BCUT2D eigenvalue weighted by atomic mass is 9.78. The van der Waals surface area contributed by atoms with E-state index in [1.165, 1.54) is 29.1 Å². The van der Waals surface area contributed by atoms with Crippen LogP contribution in [0.1, 0.15) is 56.0 Å². The molecule has 45 heavy (non-hydrogen) atoms. The number of fused-ring (bicyclic) bond motifs is 1. The van der Waals surface area contributed by atoms with Crippen LogP contribution < -0.4 is 4.72 Å². The number of likely N-dealkylation sites (tertiary alicyclic amines) is 1. The second-order valence-corrected chi connectivity index (χ2v) is 13.7. The summed E-state index contributed by atoms with van der Waals surface area (Å²) < 4.78 is 119. The van der Waals surface area contributed by atoms with Crippen LogP contribution in [-0.2, 0) is 26.1 Å². The summed E-state index contributed by atoms with van der Waals surface area (Å²) in [6, 6.07) is 3.14. The molecule has 1 aromatic carbocycles. The summed E-state index contributed by atoms with van der Waals surface area (Å²) in [6.45, 7) is 0.455. The van der Waals surface area contributed by atoms with Gasteiger partial charge in [0.25, 0.3) is 15.9 Å². The molecule has 1 saturated carbocycles. The van der Waals surface area contributed by atoms with Crippen molar-refractivity contribution < 1.29 is 44.3 Å². The molecule has 2 N–H and O–H groups in total. The number of halogens is 6. The zero-order valence-electron chi connectivity index (χ0n) is 24.2. The topological polar surface area (TPSA) is 122 Å². The molecule has 3 aromatic rings. The lowest BCUT2D eigenvalue weighted by Gasteiger charge is -2.40. The molecule has 3 atom stereocenters. The number of carbonyl (C=O) groups is 1. The number of hydrogen-bond donors (Lipinski definition) is 2. The van der Waals surface area contributed by atoms with E-state index in [4.69, 9.17) is 4.74 Å². The fourth-order valence-electron chi connectivity index (χ4n) is 6.69. The third-order valence-electron chi connectivity index (χ3n) is 9.13. The van der Waals surface area contributed by atoms with Crippen molar-refractivity contribution in [2.45, 2.75) is 68.2 Å². The lowest BCUT2D eigenvalue weighted by molar-refractivity contribution is -0.184. The Morgan fingerprint density at radius 3 is 2.51 bits per heavy atom. The molecule has 0 unspecified atom stereocenters. The molecule has 2 aromatic heterocycles. The maximum Gasteiger partial charge on any atom is 0.391 e. The van der Waals surface area contributed by atoms with Gasteiger partial charge in [0.05, 0.1) is 55.9 Å². The number of alkyl halides is 5. The molecule has 0 bridgehead atoms. The summed E-state index contributed by atoms with van der Waals surface area (Å²) >= 11 is 0. The molecule has 246 valence electrons. The Morgan fingerprint density at radius 2 is 1.87 bits per heavy atom. The Labute approximate surface area is 254 Å². The van der Waals surface area contributed by atoms with Crippen molar-refractivity contribution in [1.29, 1.82) is 0 Å². The van der Waals surface area contributed by atoms with E-state index in [0.29, 0.717) is 0 Å². The summed E-state index contributed by atoms with van der Waals surface area (Å²) in [5.74, 6) is -8.00. The zero-order chi connectivity index (χ0) is 32.3. The molecule has 10 nitrogen and oxygen atoms in total. The van der Waals surface area contributed by atoms with E-state index in [2.05, 4.69) is 19.8 Å². The van der Waals surface area contributed by atoms with Gasteiger partial charge in [-0.25, -0.2) is 26.6 Å². The van der Waals surface area contributed by atoms with E-state index in [-0.39, 0.29) is 72.9 Å². The van der Waals surface area contributed by atoms with Gasteiger partial charge < -0.3 is 14.6 Å². The second-order valence-electron chi connectivity index (χ2n) is 12.0. The van der Waals surface area contributed by atoms with Gasteiger partial charge in [-0.3, -0.25) is 9.48 Å². The average molecular weight is 663 g/mol. The van der Waals surface area contributed by atoms with Gasteiger partial charge in [0.1, 0.15) is 11.3 Å². The van der Waals surface area contributed by atoms with E-state index in [1.54, 1.807) is 6.92 Å². The lowest BCUT2D eigenvalue weighted by Crippen LogP contribution is -2.60. The molecule has 3 fully saturated rings. The molecule has 0 spiro atoms. The molecule has 2 aliphatic heterocycles. The highest BCUT2D eigenvalue weighted by molar-refractivity contribution is 7.89. The van der Waals surface area contributed by atoms with Crippen molar-refractivity contribution in [3.63, 3.8) is 0 Å². The molecule has 6 rings (SSSR count). The molecule has 17 heteroatoms. The monoisotopic (exact) mass is 662 g/mol. The van der Waals surface area contributed by atoms with Crippen LogP contribution >= 0.6 is 0 Å². The quantitative estimate of drug-likeness (QED) is 0.343. The van der Waals surface area contributed by atoms with Crippen LogP contribution in [0, 0.1) is 23.6 Å². The molecule has 1 amide bonds. The van der Waals surface area contributed by atoms with Crippen molar-refractivity contribution in [3.05, 3.63) is 41.6 Å². The molecule has 0 radical (unpaired) electrons. The minimum atomic E-state index is -4.37. The van der Waals surface area contributed by atoms with Gasteiger partial charge in [-0.1, -0.05) is 6.07 Å². The van der Waals surface area contributed by atoms with Gasteiger partial charge in [0.15, 0.2) is 10.8 Å². The number of aryl methyl sites for hydroxylation is 1. The SMILES string of the molecule is CCn1nccc1S(=O)(=O)N[C@H](c1nc2c(F)c([C@@H]3COC[C@@H]3C(=O)N3CC(F)(F)C3)ccc2[nH]1)C1CCC(C(F)(F)F)CC1. The minimum Gasteiger partial charge on any atom is -0.380 e. The average Bonchev–Trinajstić information content (AvgIpc) is 3.74. The second kappa shape index (κ2) is 11.6. The number of sulfonamides is 1. The number of aromatic amines is 1. The zero-order valence-corrected chi connectivity index (χ0v) is 25.0. The Kier molecular flexibility index (Phi) is 8.17. The standard InChI is InChI=1S/C28H32F6N6O4S/c1-2-40-21(9-10-35-40)45(42,43)38-23(15-3-5-16(6-4-15)28(32,33)34)25-36-20-8-7-17(22(29)24(20)37-25)18-11-44-12-19(18)26(41)39-13-27(30,31)14-39/h7-10,15-16,18-19,23,38H,2-6,11-14H2,1H3,(H,36,37)/t15?,16?,18-,19-,23-/m0/s1. The van der Waals surface area contributed by atoms with E-state index in [0.717, 1.165) is 4.90 Å². The van der Waals surface area contributed by atoms with Crippen LogP contribution in [0.25, 0.3) is 11.0 Å². The van der Waals surface area contributed by atoms with E-state index >= 15 is 4.39 Å². The third-order valence-corrected chi connectivity index (χ3v) is 10.6. The first-order valence-corrected chi connectivity index (χ1v) is 16.2. The Bertz CT molecular complexity index is 1680. The fourth-order valence-corrected chi connectivity index (χ4v) is 8.14. The first-order valence-electron chi connectivity index (χ1n) is 14.7. The van der Waals surface area contributed by atoms with Gasteiger partial charge >= 0.3 is 6.18 Å². The van der Waals surface area contributed by atoms with Crippen LogP contribution in [0.4, 0.5) is 26.3 Å². The number of H-pyrrole nitrogens is 1. The minimum absolute atomic E-state index is 0.0175. The molecular formula is C28H32F6N6O4S. The number of nitrogens with one attached hydrogen (secondary N) is 2. The Balaban J connectivity index is 1.32. The fraction of sp³-hybridized carbons (Fsp3) is 0.607. The van der Waals surface area contributed by atoms with Crippen LogP contribution in [-0.4, -0.2) is 77.4 Å². The summed E-state index contributed by atoms with van der Waals surface area (Å²) in [5.41, 5.74) is 0.156. The van der Waals surface area contributed by atoms with Gasteiger partial charge in [0, 0.05) is 12.5 Å². The van der Waals surface area contributed by atoms with E-state index in [9.17, 15) is 35.2 Å². The first kappa shape index (κ1) is 31.8. The summed E-state index contributed by atoms with van der Waals surface area (Å²) in [5, 5.41) is 3.86. The maximum absolute atomic E-state index is 16.1. The number of carbonyl (C=O) groups excluding carboxylic acids is 1. The summed E-state index contributed by atoms with van der Waals surface area (Å²) in [7, 11) is -4.24. The predicted octanol–water partition coefficient (Wildman–Crippen LogP) is 4.51. The highest BCUT2D eigenvalue weighted by atomic mass is 32.2. The normalized spacial score (nSPS) is 26.2. The molecule has 1 aliphatic carbocycles. The van der Waals surface area contributed by atoms with Crippen LogP contribution in [0.3, 0.4) is 0 Å². The van der Waals surface area contributed by atoms with Crippen molar-refractivity contribution in [2.24, 2.45) is 17.8 Å². The van der Waals surface area contributed by atoms with Gasteiger partial charge in [-0.05, 0) is 56.2 Å². The van der Waals surface area contributed by atoms with Crippen LogP contribution in [0.15, 0.2) is 29.4 Å². The highest BCUT2D eigenvalue weighted by Gasteiger charge is 2.50. The predicted molar refractivity (Wildman–Crippen MR) is 147 cm³/mol. The number of benzene rings is 1. The van der Waals surface area contributed by atoms with Crippen molar-refractivity contribution in [1.82, 2.24) is 29.4 Å². The molecule has 4 heterocycles. The van der Waals surface area contributed by atoms with E-state index in [1.807, 2.05) is 0 Å². The van der Waals surface area contributed by atoms with Crippen LogP contribution in [0.2, 0.25) is 0 Å². The number of imidazole rings is 1. The third kappa shape index (κ3) is 6.05. The Hall–Kier alpha value is -3.18. The number of hydrogen-bond acceptors (Lipinski definition) is 6. The number of nitrogens with zero attached hydrogens (tertiary/aromatic N) is 4. The van der Waals surface area contributed by atoms with Crippen molar-refractivity contribution in [2.75, 3.05) is 26.3 Å². The van der Waals surface area contributed by atoms with Crippen molar-refractivity contribution >= 4 is 27.0 Å². The largest absolute Gasteiger partial charge is 0.391 e. The number of ether oxygens (including phenoxy) is 1. The summed E-state index contributed by atoms with van der Waals surface area (Å²) in [6.07, 6.45) is -3.35. The highest BCUT2D eigenvalue weighted by Crippen LogP contribution is 2.44. The number of rotatable bonds is 8. The van der Waals surface area contributed by atoms with Crippen molar-refractivity contribution in [3.8, 4) is 0 Å². The number of amides is 1. The van der Waals surface area contributed by atoms with Gasteiger partial charge in [-0.15, -0.1) is 0 Å². The number of aromatic nitrogens is 4. The molecule has 3 aliphatic rings. The summed E-state index contributed by atoms with van der Waals surface area (Å²) in [4.78, 5) is 21.3. The molecular weight excluding hydrogens is 630 g/mol. The smallest absolute Gasteiger partial charge is 0.380 e. The van der Waals surface area contributed by atoms with Gasteiger partial charge in [-0.2, -0.15) is 23.0 Å².